The molecule has 0 spiro atoms. The summed E-state index contributed by atoms with van der Waals surface area (Å²) in [5.74, 6) is -6.12. The van der Waals surface area contributed by atoms with E-state index in [1.54, 1.807) is 53.5 Å². The summed E-state index contributed by atoms with van der Waals surface area (Å²) in [6, 6.07) is -1.89. The molecule has 7 heterocycles. The highest BCUT2D eigenvalue weighted by Crippen LogP contribution is 2.38. The number of alkyl carbamates (subject to hydrolysis) is 1. The Labute approximate surface area is 584 Å². The Morgan fingerprint density at radius 3 is 2.10 bits per heavy atom. The highest BCUT2D eigenvalue weighted by molar-refractivity contribution is 6.39. The van der Waals surface area contributed by atoms with Crippen molar-refractivity contribution in [1.29, 1.82) is 0 Å². The number of rotatable bonds is 16. The molecule has 2 aromatic heterocycles. The molecule has 1 saturated carbocycles. The number of allylic oxidation sites excluding steroid dienone is 6. The maximum absolute atomic E-state index is 14.7. The second kappa shape index (κ2) is 37.9. The number of aromatic nitrogens is 4. The van der Waals surface area contributed by atoms with Gasteiger partial charge in [-0.05, 0) is 132 Å². The molecule has 5 aliphatic heterocycles. The molecule has 26 heteroatoms. The van der Waals surface area contributed by atoms with Crippen LogP contribution in [0.5, 0.6) is 0 Å². The first-order valence-electron chi connectivity index (χ1n) is 35.9. The van der Waals surface area contributed by atoms with E-state index in [1.165, 1.54) is 4.90 Å². The number of esters is 1. The van der Waals surface area contributed by atoms with Gasteiger partial charge < -0.3 is 74.4 Å². The smallest absolute Gasteiger partial charge is 0.407 e. The Morgan fingerprint density at radius 2 is 1.41 bits per heavy atom. The Morgan fingerprint density at radius 1 is 0.727 bits per heavy atom. The number of nitrogens with one attached hydrogen (secondary N) is 1. The predicted octanol–water partition coefficient (Wildman–Crippen LogP) is 5.74. The highest BCUT2D eigenvalue weighted by atomic mass is 16.6. The molecule has 6 N–H and O–H groups in total. The molecule has 5 fully saturated rings. The number of hydrogen-bond acceptors (Lipinski definition) is 23. The summed E-state index contributed by atoms with van der Waals surface area (Å²) >= 11 is 0. The molecular formula is C73H111N11O15. The number of nitrogens with zero attached hydrogens (tertiary/aromatic N) is 9. The first-order chi connectivity index (χ1) is 47.4. The zero-order chi connectivity index (χ0) is 71.3. The molecule has 99 heavy (non-hydrogen) atoms. The van der Waals surface area contributed by atoms with E-state index in [9.17, 15) is 44.1 Å². The lowest BCUT2D eigenvalue weighted by molar-refractivity contribution is -0.265. The average molecular weight is 1380 g/mol. The first-order valence-corrected chi connectivity index (χ1v) is 35.9. The molecule has 2 bridgehead atoms. The first kappa shape index (κ1) is 78.1. The van der Waals surface area contributed by atoms with Gasteiger partial charge in [-0.2, -0.15) is 0 Å². The lowest BCUT2D eigenvalue weighted by Crippen LogP contribution is -2.61. The van der Waals surface area contributed by atoms with Crippen LogP contribution in [-0.4, -0.2) is 239 Å². The molecule has 3 amide bonds. The molecule has 15 atom stereocenters. The normalized spacial score (nSPS) is 32.5. The summed E-state index contributed by atoms with van der Waals surface area (Å²) in [4.78, 5) is 111. The van der Waals surface area contributed by atoms with E-state index < -0.39 is 102 Å². The van der Waals surface area contributed by atoms with Crippen molar-refractivity contribution < 1.29 is 72.5 Å². The second-order valence-corrected chi connectivity index (χ2v) is 28.4. The number of carbonyl (C=O) groups is 6. The summed E-state index contributed by atoms with van der Waals surface area (Å²) < 4.78 is 36.2. The van der Waals surface area contributed by atoms with Crippen LogP contribution in [0.1, 0.15) is 143 Å². The second-order valence-electron chi connectivity index (χ2n) is 28.4. The number of anilines is 2. The van der Waals surface area contributed by atoms with Gasteiger partial charge in [-0.1, -0.05) is 64.2 Å². The van der Waals surface area contributed by atoms with E-state index in [0.717, 1.165) is 49.8 Å². The van der Waals surface area contributed by atoms with E-state index in [2.05, 4.69) is 35.1 Å². The summed E-state index contributed by atoms with van der Waals surface area (Å²) in [6.45, 7) is 20.5. The Kier molecular flexibility index (Phi) is 29.9. The fourth-order valence-corrected chi connectivity index (χ4v) is 14.4. The summed E-state index contributed by atoms with van der Waals surface area (Å²) in [6.07, 6.45) is 17.3. The minimum Gasteiger partial charge on any atom is -0.459 e. The van der Waals surface area contributed by atoms with Crippen LogP contribution in [0.4, 0.5) is 16.7 Å². The topological polar surface area (TPSA) is 324 Å². The van der Waals surface area contributed by atoms with Crippen molar-refractivity contribution in [2.45, 2.75) is 206 Å². The maximum atomic E-state index is 14.7. The van der Waals surface area contributed by atoms with Crippen molar-refractivity contribution in [3.8, 4) is 0 Å². The van der Waals surface area contributed by atoms with Crippen molar-refractivity contribution in [3.05, 3.63) is 83.5 Å². The molecular weight excluding hydrogens is 1270 g/mol. The number of hydrogen-bond donors (Lipinski definition) is 5. The fraction of sp³-hybridized carbons (Fsp3) is 0.699. The Hall–Kier alpha value is -6.62. The summed E-state index contributed by atoms with van der Waals surface area (Å²) in [7, 11) is 3.13. The molecule has 0 radical (unpaired) electrons. The number of piperazine rings is 2. The molecule has 0 unspecified atom stereocenters. The lowest BCUT2D eigenvalue weighted by Gasteiger charge is -2.42. The molecule has 4 saturated heterocycles. The lowest BCUT2D eigenvalue weighted by atomic mass is 9.80. The number of piperidine rings is 1. The molecule has 1 aliphatic carbocycles. The van der Waals surface area contributed by atoms with Crippen LogP contribution in [0.2, 0.25) is 0 Å². The van der Waals surface area contributed by atoms with Gasteiger partial charge in [0.2, 0.25) is 23.6 Å². The van der Waals surface area contributed by atoms with E-state index in [4.69, 9.17) is 34.2 Å². The van der Waals surface area contributed by atoms with Crippen molar-refractivity contribution in [3.63, 3.8) is 0 Å². The third-order valence-corrected chi connectivity index (χ3v) is 20.7. The number of fused-ring (bicyclic) bond motifs is 3. The number of carbonyl (C=O) groups excluding carboxylic acids is 6. The van der Waals surface area contributed by atoms with Crippen LogP contribution in [0.25, 0.3) is 0 Å². The monoisotopic (exact) mass is 1380 g/mol. The molecule has 548 valence electrons. The summed E-state index contributed by atoms with van der Waals surface area (Å²) in [5.41, 5.74) is 10.1. The Balaban J connectivity index is 0.832. The average Bonchev–Trinajstić information content (AvgIpc) is 1.63. The maximum Gasteiger partial charge on any atom is 0.407 e. The van der Waals surface area contributed by atoms with Gasteiger partial charge in [0.25, 0.3) is 11.7 Å². The standard InChI is InChI=1S/C73H111N11O15/c1-47-15-11-10-12-16-50(4)61(94-8)41-56-21-19-53(7)73(93,99-56)67(89)68(90)84-25-14-13-17-58(84)69(91)97-59(22-18-48(2)38-52(6)65(87)66(88)64(86)51(5)37-47)57(74)39-54-20-23-60(62(40-54)95-9)98-72(92)79-46-55-44-77-71(78-45-55)83-32-30-81(31-33-83)63(85)24-35-96-36-34-80-26-28-82(29-27-80)70-75-42-49(3)43-76-70/h10-12,15-16,38,42-45,47-48,51,53-54,56-62,65-66,87-88,93H,13-14,17-37,39-41,46,74H2,1-9H3,(H,79,92)/b12-10+,15-11+,50-16+,52-38+/t47-,48+,51-,53-,54+,56+,57-,58+,59+,60-,61+,62-,65-,66+,73-/m1/s1. The number of aliphatic hydroxyl groups is 3. The fourth-order valence-electron chi connectivity index (χ4n) is 14.4. The number of nitrogens with two attached hydrogens (primary N) is 1. The summed E-state index contributed by atoms with van der Waals surface area (Å²) in [5, 5.41) is 37.5. The molecule has 6 aliphatic rings. The SMILES string of the molecule is CO[C@H]1C[C@@H]2CC[C@@H](C)[C@@](O)(O2)C(=O)C(=O)N2CCCC[C@H]2C(=O)O[C@H]([C@H](N)C[C@@H]2CC[C@@H](OC(=O)NCc3cnc(N4CCN(C(=O)CCOCCN5CCN(c6ncc(C)cn6)CC5)CC4)nc3)[C@H](OC)C2)CC[C@H](C)/C=C(\C)[C@@H](O)[C@@H](O)C(=O)[C@H](C)C[C@H](C)/C=C/C=C/C=C/1C. The molecule has 8 rings (SSSR count). The number of ether oxygens (including phenoxy) is 6. The number of methoxy groups -OCH3 is 2. The quantitative estimate of drug-likeness (QED) is 0.0579. The van der Waals surface area contributed by atoms with Gasteiger partial charge in [0.15, 0.2) is 5.78 Å². The van der Waals surface area contributed by atoms with Crippen LogP contribution >= 0.6 is 0 Å². The number of amides is 3. The third kappa shape index (κ3) is 22.2. The molecule has 26 nitrogen and oxygen atoms in total. The van der Waals surface area contributed by atoms with E-state index >= 15 is 0 Å². The van der Waals surface area contributed by atoms with Crippen LogP contribution in [-0.2, 0) is 58.9 Å². The van der Waals surface area contributed by atoms with Crippen molar-refractivity contribution in [1.82, 2.24) is 40.0 Å². The van der Waals surface area contributed by atoms with Crippen molar-refractivity contribution >= 4 is 47.3 Å². The van der Waals surface area contributed by atoms with Gasteiger partial charge >= 0.3 is 12.1 Å². The molecule has 0 aromatic carbocycles. The van der Waals surface area contributed by atoms with E-state index in [0.29, 0.717) is 134 Å². The van der Waals surface area contributed by atoms with Crippen LogP contribution in [0.3, 0.4) is 0 Å². The minimum absolute atomic E-state index is 0.0322. The van der Waals surface area contributed by atoms with Gasteiger partial charge in [-0.3, -0.25) is 24.1 Å². The number of cyclic esters (lactones) is 1. The van der Waals surface area contributed by atoms with Gasteiger partial charge in [0.1, 0.15) is 30.5 Å². The van der Waals surface area contributed by atoms with Gasteiger partial charge in [0, 0.05) is 141 Å². The van der Waals surface area contributed by atoms with Gasteiger partial charge in [0.05, 0.1) is 37.9 Å². The van der Waals surface area contributed by atoms with Gasteiger partial charge in [-0.25, -0.2) is 29.5 Å². The third-order valence-electron chi connectivity index (χ3n) is 20.7. The predicted molar refractivity (Wildman–Crippen MR) is 372 cm³/mol. The van der Waals surface area contributed by atoms with Crippen molar-refractivity contribution in [2.24, 2.45) is 35.3 Å². The zero-order valence-electron chi connectivity index (χ0n) is 59.8. The highest BCUT2D eigenvalue weighted by Gasteiger charge is 2.53. The van der Waals surface area contributed by atoms with Crippen LogP contribution in [0.15, 0.2) is 72.4 Å². The van der Waals surface area contributed by atoms with Crippen molar-refractivity contribution in [2.75, 3.05) is 103 Å². The number of aryl methyl sites for hydroxylation is 1. The molecule has 2 aromatic rings. The van der Waals surface area contributed by atoms with E-state index in [-0.39, 0.29) is 49.6 Å². The number of ketones is 2. The number of aliphatic hydroxyl groups excluding tert-OH is 2. The van der Waals surface area contributed by atoms with E-state index in [1.807, 2.05) is 80.3 Å². The van der Waals surface area contributed by atoms with Crippen LogP contribution < -0.4 is 20.9 Å². The van der Waals surface area contributed by atoms with Crippen LogP contribution in [0, 0.1) is 36.5 Å². The zero-order valence-corrected chi connectivity index (χ0v) is 59.8. The largest absolute Gasteiger partial charge is 0.459 e. The number of Topliss-reactive ketones (excluding diaryl/α,β-unsaturated/α-hetero) is 2. The minimum atomic E-state index is -2.46. The van der Waals surface area contributed by atoms with Gasteiger partial charge in [-0.15, -0.1) is 0 Å². The Bertz CT molecular complexity index is 3080.